The Kier molecular flexibility index (Phi) is 5.63. The molecule has 1 aliphatic carbocycles. The highest BCUT2D eigenvalue weighted by atomic mass is 15.2. The van der Waals surface area contributed by atoms with Gasteiger partial charge in [-0.25, -0.2) is 0 Å². The van der Waals surface area contributed by atoms with Crippen LogP contribution in [0.2, 0.25) is 0 Å². The molecule has 2 unspecified atom stereocenters. The predicted octanol–water partition coefficient (Wildman–Crippen LogP) is 2.02. The van der Waals surface area contributed by atoms with Crippen LogP contribution in [0, 0.1) is 11.3 Å². The van der Waals surface area contributed by atoms with Gasteiger partial charge in [0.2, 0.25) is 0 Å². The summed E-state index contributed by atoms with van der Waals surface area (Å²) < 4.78 is 0. The molecule has 1 aliphatic rings. The minimum absolute atomic E-state index is 0.304. The molecule has 0 saturated heterocycles. The van der Waals surface area contributed by atoms with Crippen LogP contribution in [-0.2, 0) is 0 Å². The molecule has 3 nitrogen and oxygen atoms in total. The number of rotatable bonds is 6. The third-order valence-electron chi connectivity index (χ3n) is 4.30. The van der Waals surface area contributed by atoms with Crippen LogP contribution in [0.25, 0.3) is 0 Å². The second-order valence-corrected chi connectivity index (χ2v) is 7.31. The van der Waals surface area contributed by atoms with Crippen molar-refractivity contribution < 1.29 is 0 Å². The van der Waals surface area contributed by atoms with Gasteiger partial charge in [-0.2, -0.15) is 0 Å². The van der Waals surface area contributed by atoms with Gasteiger partial charge in [-0.1, -0.05) is 27.7 Å². The Bertz CT molecular complexity index is 248. The number of hydrogen-bond acceptors (Lipinski definition) is 3. The summed E-state index contributed by atoms with van der Waals surface area (Å²) in [5, 5.41) is 0. The second kappa shape index (κ2) is 6.36. The van der Waals surface area contributed by atoms with Crippen LogP contribution >= 0.6 is 0 Å². The van der Waals surface area contributed by atoms with Gasteiger partial charge in [-0.15, -0.1) is 0 Å². The molecule has 2 N–H and O–H groups in total. The largest absolute Gasteiger partial charge is 0.326 e. The molecule has 0 aromatic rings. The molecule has 1 rings (SSSR count). The van der Waals surface area contributed by atoms with E-state index in [2.05, 4.69) is 51.6 Å². The molecule has 3 heteroatoms. The van der Waals surface area contributed by atoms with Gasteiger partial charge in [-0.05, 0) is 38.3 Å². The normalized spacial score (nSPS) is 27.7. The van der Waals surface area contributed by atoms with E-state index in [1.54, 1.807) is 0 Å². The van der Waals surface area contributed by atoms with E-state index < -0.39 is 0 Å². The van der Waals surface area contributed by atoms with Crippen molar-refractivity contribution in [2.24, 2.45) is 17.1 Å². The SMILES string of the molecule is CC(C)CN(CCN(C)C)C1CCC(C)(C)C1N. The minimum atomic E-state index is 0.304. The lowest BCUT2D eigenvalue weighted by atomic mass is 9.87. The summed E-state index contributed by atoms with van der Waals surface area (Å²) in [6.07, 6.45) is 2.52. The van der Waals surface area contributed by atoms with Gasteiger partial charge < -0.3 is 10.6 Å². The maximum atomic E-state index is 6.48. The molecule has 0 bridgehead atoms. The Balaban J connectivity index is 2.65. The molecule has 0 radical (unpaired) electrons. The first-order valence-corrected chi connectivity index (χ1v) is 7.38. The molecular weight excluding hydrogens is 222 g/mol. The molecule has 108 valence electrons. The van der Waals surface area contributed by atoms with E-state index in [1.165, 1.54) is 19.4 Å². The molecule has 0 aliphatic heterocycles. The Morgan fingerprint density at radius 1 is 1.22 bits per heavy atom. The maximum Gasteiger partial charge on any atom is 0.0253 e. The third kappa shape index (κ3) is 4.22. The van der Waals surface area contributed by atoms with E-state index in [4.69, 9.17) is 5.73 Å². The number of hydrogen-bond donors (Lipinski definition) is 1. The van der Waals surface area contributed by atoms with Crippen molar-refractivity contribution >= 4 is 0 Å². The van der Waals surface area contributed by atoms with Gasteiger partial charge in [0.1, 0.15) is 0 Å². The molecule has 18 heavy (non-hydrogen) atoms. The topological polar surface area (TPSA) is 32.5 Å². The van der Waals surface area contributed by atoms with Crippen LogP contribution in [0.3, 0.4) is 0 Å². The monoisotopic (exact) mass is 255 g/mol. The molecule has 0 spiro atoms. The molecule has 0 aromatic carbocycles. The standard InChI is InChI=1S/C15H33N3/c1-12(2)11-18(10-9-17(5)6)13-7-8-15(3,4)14(13)16/h12-14H,7-11,16H2,1-6H3. The lowest BCUT2D eigenvalue weighted by molar-refractivity contribution is 0.137. The van der Waals surface area contributed by atoms with E-state index >= 15 is 0 Å². The average molecular weight is 255 g/mol. The molecular formula is C15H33N3. The van der Waals surface area contributed by atoms with Gasteiger partial charge in [0, 0.05) is 31.7 Å². The highest BCUT2D eigenvalue weighted by molar-refractivity contribution is 4.99. The summed E-state index contributed by atoms with van der Waals surface area (Å²) in [6, 6.07) is 0.890. The summed E-state index contributed by atoms with van der Waals surface area (Å²) in [4.78, 5) is 4.89. The average Bonchev–Trinajstić information content (AvgIpc) is 2.49. The highest BCUT2D eigenvalue weighted by Gasteiger charge is 2.41. The fraction of sp³-hybridized carbons (Fsp3) is 1.00. The molecule has 2 atom stereocenters. The van der Waals surface area contributed by atoms with Crippen molar-refractivity contribution in [1.29, 1.82) is 0 Å². The Morgan fingerprint density at radius 2 is 1.83 bits per heavy atom. The quantitative estimate of drug-likeness (QED) is 0.788. The van der Waals surface area contributed by atoms with Crippen molar-refractivity contribution in [3.8, 4) is 0 Å². The smallest absolute Gasteiger partial charge is 0.0253 e. The molecule has 1 saturated carbocycles. The summed E-state index contributed by atoms with van der Waals surface area (Å²) in [7, 11) is 4.29. The van der Waals surface area contributed by atoms with Gasteiger partial charge >= 0.3 is 0 Å². The van der Waals surface area contributed by atoms with E-state index in [0.717, 1.165) is 13.1 Å². The maximum absolute atomic E-state index is 6.48. The van der Waals surface area contributed by atoms with Crippen LogP contribution in [-0.4, -0.2) is 55.6 Å². The Labute approximate surface area is 114 Å². The fourth-order valence-corrected chi connectivity index (χ4v) is 2.99. The summed E-state index contributed by atoms with van der Waals surface area (Å²) in [5.74, 6) is 0.711. The Hall–Kier alpha value is -0.120. The summed E-state index contributed by atoms with van der Waals surface area (Å²) >= 11 is 0. The van der Waals surface area contributed by atoms with E-state index in [1.807, 2.05) is 0 Å². The number of nitrogens with zero attached hydrogens (tertiary/aromatic N) is 2. The summed E-state index contributed by atoms with van der Waals surface area (Å²) in [6.45, 7) is 12.7. The lowest BCUT2D eigenvalue weighted by Crippen LogP contribution is -2.51. The zero-order valence-electron chi connectivity index (χ0n) is 13.2. The summed E-state index contributed by atoms with van der Waals surface area (Å²) in [5.41, 5.74) is 6.79. The lowest BCUT2D eigenvalue weighted by Gasteiger charge is -2.36. The second-order valence-electron chi connectivity index (χ2n) is 7.31. The molecule has 0 amide bonds. The molecule has 0 heterocycles. The van der Waals surface area contributed by atoms with Gasteiger partial charge in [0.05, 0.1) is 0 Å². The van der Waals surface area contributed by atoms with Crippen molar-refractivity contribution in [3.05, 3.63) is 0 Å². The first-order chi connectivity index (χ1) is 8.24. The zero-order chi connectivity index (χ0) is 13.9. The Morgan fingerprint density at radius 3 is 2.22 bits per heavy atom. The van der Waals surface area contributed by atoms with Gasteiger partial charge in [-0.3, -0.25) is 4.90 Å². The zero-order valence-corrected chi connectivity index (χ0v) is 13.2. The van der Waals surface area contributed by atoms with Crippen molar-refractivity contribution in [2.75, 3.05) is 33.7 Å². The van der Waals surface area contributed by atoms with Crippen molar-refractivity contribution in [1.82, 2.24) is 9.80 Å². The van der Waals surface area contributed by atoms with Crippen molar-refractivity contribution in [2.45, 2.75) is 52.6 Å². The number of likely N-dealkylation sites (N-methyl/N-ethyl adjacent to an activating group) is 1. The van der Waals surface area contributed by atoms with Gasteiger partial charge in [0.25, 0.3) is 0 Å². The van der Waals surface area contributed by atoms with Crippen LogP contribution < -0.4 is 5.73 Å². The van der Waals surface area contributed by atoms with Crippen LogP contribution in [0.15, 0.2) is 0 Å². The highest BCUT2D eigenvalue weighted by Crippen LogP contribution is 2.38. The van der Waals surface area contributed by atoms with Crippen LogP contribution in [0.1, 0.15) is 40.5 Å². The van der Waals surface area contributed by atoms with E-state index in [-0.39, 0.29) is 0 Å². The van der Waals surface area contributed by atoms with E-state index in [0.29, 0.717) is 23.4 Å². The molecule has 0 aromatic heterocycles. The van der Waals surface area contributed by atoms with Crippen LogP contribution in [0.4, 0.5) is 0 Å². The first-order valence-electron chi connectivity index (χ1n) is 7.38. The van der Waals surface area contributed by atoms with Gasteiger partial charge in [0.15, 0.2) is 0 Å². The van der Waals surface area contributed by atoms with Crippen molar-refractivity contribution in [3.63, 3.8) is 0 Å². The first kappa shape index (κ1) is 15.9. The van der Waals surface area contributed by atoms with Crippen LogP contribution in [0.5, 0.6) is 0 Å². The third-order valence-corrected chi connectivity index (χ3v) is 4.30. The number of nitrogens with two attached hydrogens (primary N) is 1. The van der Waals surface area contributed by atoms with E-state index in [9.17, 15) is 0 Å². The fourth-order valence-electron chi connectivity index (χ4n) is 2.99. The minimum Gasteiger partial charge on any atom is -0.326 e. The molecule has 1 fully saturated rings. The predicted molar refractivity (Wildman–Crippen MR) is 79.7 cm³/mol.